The van der Waals surface area contributed by atoms with Crippen LogP contribution in [0.1, 0.15) is 32.4 Å². The monoisotopic (exact) mass is 284 g/mol. The molecule has 0 aliphatic heterocycles. The van der Waals surface area contributed by atoms with E-state index in [2.05, 4.69) is 20.9 Å². The molecule has 16 heavy (non-hydrogen) atoms. The van der Waals surface area contributed by atoms with Crippen LogP contribution in [0.5, 0.6) is 0 Å². The van der Waals surface area contributed by atoms with Gasteiger partial charge in [-0.3, -0.25) is 9.78 Å². The first-order valence-electron chi connectivity index (χ1n) is 5.44. The molecule has 0 spiro atoms. The van der Waals surface area contributed by atoms with Crippen LogP contribution in [0.3, 0.4) is 0 Å². The number of rotatable bonds is 5. The van der Waals surface area contributed by atoms with Crippen molar-refractivity contribution in [2.75, 3.05) is 0 Å². The third kappa shape index (κ3) is 3.12. The van der Waals surface area contributed by atoms with E-state index in [4.69, 9.17) is 5.73 Å². The second kappa shape index (κ2) is 5.55. The van der Waals surface area contributed by atoms with Crippen molar-refractivity contribution in [3.63, 3.8) is 0 Å². The summed E-state index contributed by atoms with van der Waals surface area (Å²) < 4.78 is 0.911. The summed E-state index contributed by atoms with van der Waals surface area (Å²) in [6.45, 7) is 3.88. The lowest BCUT2D eigenvalue weighted by Crippen LogP contribution is -2.47. The van der Waals surface area contributed by atoms with Gasteiger partial charge in [0, 0.05) is 16.4 Å². The fourth-order valence-corrected chi connectivity index (χ4v) is 1.73. The Labute approximate surface area is 105 Å². The van der Waals surface area contributed by atoms with Gasteiger partial charge in [0.05, 0.1) is 12.0 Å². The SMILES string of the molecule is CCC(N)(CC)C(=O)Cc1ccc(Br)cn1. The molecule has 0 atom stereocenters. The van der Waals surface area contributed by atoms with E-state index >= 15 is 0 Å². The van der Waals surface area contributed by atoms with Crippen LogP contribution in [0.2, 0.25) is 0 Å². The van der Waals surface area contributed by atoms with Crippen molar-refractivity contribution in [1.82, 2.24) is 4.98 Å². The molecule has 0 aromatic carbocycles. The van der Waals surface area contributed by atoms with Crippen LogP contribution in [0, 0.1) is 0 Å². The van der Waals surface area contributed by atoms with Crippen LogP contribution in [0.15, 0.2) is 22.8 Å². The van der Waals surface area contributed by atoms with Crippen molar-refractivity contribution in [1.29, 1.82) is 0 Å². The number of aromatic nitrogens is 1. The van der Waals surface area contributed by atoms with Crippen molar-refractivity contribution in [2.24, 2.45) is 5.73 Å². The first-order valence-corrected chi connectivity index (χ1v) is 6.23. The van der Waals surface area contributed by atoms with Gasteiger partial charge < -0.3 is 5.73 Å². The summed E-state index contributed by atoms with van der Waals surface area (Å²) in [5.41, 5.74) is 6.10. The average molecular weight is 285 g/mol. The van der Waals surface area contributed by atoms with Gasteiger partial charge in [-0.15, -0.1) is 0 Å². The Bertz CT molecular complexity index is 358. The number of hydrogen-bond donors (Lipinski definition) is 1. The number of ketones is 1. The number of hydrogen-bond acceptors (Lipinski definition) is 3. The van der Waals surface area contributed by atoms with Crippen LogP contribution in [0.4, 0.5) is 0 Å². The molecule has 0 bridgehead atoms. The number of carbonyl (C=O) groups excluding carboxylic acids is 1. The van der Waals surface area contributed by atoms with Crippen LogP contribution >= 0.6 is 15.9 Å². The van der Waals surface area contributed by atoms with Crippen LogP contribution in [-0.4, -0.2) is 16.3 Å². The highest BCUT2D eigenvalue weighted by Crippen LogP contribution is 2.16. The fraction of sp³-hybridized carbons (Fsp3) is 0.500. The summed E-state index contributed by atoms with van der Waals surface area (Å²) in [6, 6.07) is 3.72. The summed E-state index contributed by atoms with van der Waals surface area (Å²) in [7, 11) is 0. The first kappa shape index (κ1) is 13.3. The fourth-order valence-electron chi connectivity index (χ4n) is 1.50. The van der Waals surface area contributed by atoms with Gasteiger partial charge in [-0.2, -0.15) is 0 Å². The number of carbonyl (C=O) groups is 1. The van der Waals surface area contributed by atoms with E-state index in [0.717, 1.165) is 10.2 Å². The summed E-state index contributed by atoms with van der Waals surface area (Å²) in [4.78, 5) is 16.2. The second-order valence-corrected chi connectivity index (χ2v) is 4.85. The lowest BCUT2D eigenvalue weighted by atomic mass is 9.87. The molecule has 2 N–H and O–H groups in total. The van der Waals surface area contributed by atoms with Crippen LogP contribution in [-0.2, 0) is 11.2 Å². The van der Waals surface area contributed by atoms with Crippen molar-refractivity contribution < 1.29 is 4.79 Å². The van der Waals surface area contributed by atoms with Gasteiger partial charge in [-0.1, -0.05) is 13.8 Å². The Kier molecular flexibility index (Phi) is 4.62. The Balaban J connectivity index is 2.74. The molecule has 0 amide bonds. The molecule has 4 heteroatoms. The molecule has 1 aromatic rings. The molecule has 0 aliphatic carbocycles. The second-order valence-electron chi connectivity index (χ2n) is 3.93. The van der Waals surface area contributed by atoms with Crippen LogP contribution < -0.4 is 5.73 Å². The summed E-state index contributed by atoms with van der Waals surface area (Å²) in [5, 5.41) is 0. The average Bonchev–Trinajstić information content (AvgIpc) is 2.31. The van der Waals surface area contributed by atoms with Gasteiger partial charge in [-0.05, 0) is 40.9 Å². The summed E-state index contributed by atoms with van der Waals surface area (Å²) >= 11 is 3.31. The number of Topliss-reactive ketones (excluding diaryl/α,β-unsaturated/α-hetero) is 1. The molecule has 0 saturated carbocycles. The quantitative estimate of drug-likeness (QED) is 0.904. The molecule has 0 radical (unpaired) electrons. The first-order chi connectivity index (χ1) is 7.51. The van der Waals surface area contributed by atoms with Gasteiger partial charge >= 0.3 is 0 Å². The third-order valence-electron chi connectivity index (χ3n) is 2.95. The predicted molar refractivity (Wildman–Crippen MR) is 68.1 cm³/mol. The zero-order valence-electron chi connectivity index (χ0n) is 9.66. The molecular formula is C12H17BrN2O. The van der Waals surface area contributed by atoms with Gasteiger partial charge in [0.25, 0.3) is 0 Å². The highest BCUT2D eigenvalue weighted by Gasteiger charge is 2.29. The Morgan fingerprint density at radius 1 is 1.44 bits per heavy atom. The number of halogens is 1. The summed E-state index contributed by atoms with van der Waals surface area (Å²) in [6.07, 6.45) is 3.34. The normalized spacial score (nSPS) is 11.5. The standard InChI is InChI=1S/C12H17BrN2O/c1-3-12(14,4-2)11(16)7-10-6-5-9(13)8-15-10/h5-6,8H,3-4,7,14H2,1-2H3. The minimum absolute atomic E-state index is 0.0623. The minimum Gasteiger partial charge on any atom is -0.319 e. The summed E-state index contributed by atoms with van der Waals surface area (Å²) in [5.74, 6) is 0.0623. The van der Waals surface area contributed by atoms with Gasteiger partial charge in [0.1, 0.15) is 0 Å². The topological polar surface area (TPSA) is 56.0 Å². The van der Waals surface area contributed by atoms with Gasteiger partial charge in [0.2, 0.25) is 0 Å². The van der Waals surface area contributed by atoms with Crippen molar-refractivity contribution >= 4 is 21.7 Å². The Morgan fingerprint density at radius 3 is 2.50 bits per heavy atom. The number of nitrogens with two attached hydrogens (primary N) is 1. The molecule has 0 saturated heterocycles. The molecule has 0 aliphatic rings. The third-order valence-corrected chi connectivity index (χ3v) is 3.42. The van der Waals surface area contributed by atoms with E-state index in [9.17, 15) is 4.79 Å². The van der Waals surface area contributed by atoms with Crippen LogP contribution in [0.25, 0.3) is 0 Å². The van der Waals surface area contributed by atoms with E-state index in [1.165, 1.54) is 0 Å². The maximum Gasteiger partial charge on any atom is 0.158 e. The maximum atomic E-state index is 12.0. The van der Waals surface area contributed by atoms with E-state index in [-0.39, 0.29) is 5.78 Å². The number of pyridine rings is 1. The molecule has 0 fully saturated rings. The van der Waals surface area contributed by atoms with Crippen molar-refractivity contribution in [2.45, 2.75) is 38.6 Å². The predicted octanol–water partition coefficient (Wildman–Crippen LogP) is 2.47. The highest BCUT2D eigenvalue weighted by atomic mass is 79.9. The van der Waals surface area contributed by atoms with E-state index in [1.54, 1.807) is 6.20 Å². The Hall–Kier alpha value is -0.740. The molecule has 1 rings (SSSR count). The molecule has 3 nitrogen and oxygen atoms in total. The van der Waals surface area contributed by atoms with Gasteiger partial charge in [-0.25, -0.2) is 0 Å². The Morgan fingerprint density at radius 2 is 2.06 bits per heavy atom. The zero-order chi connectivity index (χ0) is 12.2. The van der Waals surface area contributed by atoms with E-state index in [1.807, 2.05) is 26.0 Å². The van der Waals surface area contributed by atoms with E-state index < -0.39 is 5.54 Å². The molecular weight excluding hydrogens is 268 g/mol. The number of nitrogens with zero attached hydrogens (tertiary/aromatic N) is 1. The minimum atomic E-state index is -0.700. The molecule has 1 heterocycles. The molecule has 0 unspecified atom stereocenters. The van der Waals surface area contributed by atoms with Crippen molar-refractivity contribution in [3.05, 3.63) is 28.5 Å². The smallest absolute Gasteiger partial charge is 0.158 e. The molecule has 88 valence electrons. The zero-order valence-corrected chi connectivity index (χ0v) is 11.3. The van der Waals surface area contributed by atoms with Crippen molar-refractivity contribution in [3.8, 4) is 0 Å². The maximum absolute atomic E-state index is 12.0. The highest BCUT2D eigenvalue weighted by molar-refractivity contribution is 9.10. The lowest BCUT2D eigenvalue weighted by molar-refractivity contribution is -0.123. The van der Waals surface area contributed by atoms with Gasteiger partial charge in [0.15, 0.2) is 5.78 Å². The lowest BCUT2D eigenvalue weighted by Gasteiger charge is -2.24. The largest absolute Gasteiger partial charge is 0.319 e. The molecule has 1 aromatic heterocycles. The van der Waals surface area contributed by atoms with E-state index in [0.29, 0.717) is 19.3 Å².